The van der Waals surface area contributed by atoms with Crippen LogP contribution >= 0.6 is 0 Å². The minimum Gasteiger partial charge on any atom is -0.466 e. The molecular formula is C51H89N7O19. The third kappa shape index (κ3) is 20.7. The molecule has 0 aromatic carbocycles. The van der Waals surface area contributed by atoms with Crippen molar-refractivity contribution < 1.29 is 91.8 Å². The summed E-state index contributed by atoms with van der Waals surface area (Å²) in [7, 11) is 1.30. The lowest BCUT2D eigenvalue weighted by Gasteiger charge is -2.50. The molecule has 2 saturated heterocycles. The smallest absolute Gasteiger partial charge is 0.410 e. The molecule has 9 N–H and O–H groups in total. The first kappa shape index (κ1) is 64.6. The third-order valence-electron chi connectivity index (χ3n) is 11.8. The van der Waals surface area contributed by atoms with Gasteiger partial charge in [0.25, 0.3) is 5.91 Å². The first-order valence-electron chi connectivity index (χ1n) is 26.1. The van der Waals surface area contributed by atoms with Crippen LogP contribution in [0.1, 0.15) is 124 Å². The van der Waals surface area contributed by atoms with Crippen molar-refractivity contribution in [1.82, 2.24) is 36.4 Å². The molecule has 6 amide bonds. The number of rotatable bonds is 15. The van der Waals surface area contributed by atoms with Crippen molar-refractivity contribution in [2.24, 2.45) is 5.92 Å². The Kier molecular flexibility index (Phi) is 21.3. The van der Waals surface area contributed by atoms with Crippen molar-refractivity contribution >= 4 is 36.4 Å². The SMILES string of the molecule is CN(C(=O)OC(C)(C)C)[C@@H]1[C@@H](O)[C@@H](O[C@@H]2[C@@H](O)[C@H](O[C@H]3OC(CNCC4CN(C(=O)OC(C)(C)C)C4)=CC[C@H]3NC(=O)OC(C)(C)C)[C@@H](NC(=O)OC(C)(C)C)C[C@H]2NC(=O)[C@@H](O)CNC(=O)OC(C)(C)C)OC[C@]1(C)O. The van der Waals surface area contributed by atoms with Crippen molar-refractivity contribution in [2.75, 3.05) is 46.4 Å². The van der Waals surface area contributed by atoms with Gasteiger partial charge in [-0.15, -0.1) is 0 Å². The van der Waals surface area contributed by atoms with E-state index in [0.29, 0.717) is 25.4 Å². The number of alkyl carbamates (subject to hydrolysis) is 3. The molecule has 4 rings (SSSR count). The Morgan fingerprint density at radius 3 is 1.74 bits per heavy atom. The van der Waals surface area contributed by atoms with Crippen LogP contribution in [0.5, 0.6) is 0 Å². The minimum absolute atomic E-state index is 0.107. The minimum atomic E-state index is -1.93. The summed E-state index contributed by atoms with van der Waals surface area (Å²) in [6.07, 6.45) is -14.6. The van der Waals surface area contributed by atoms with Crippen LogP contribution in [0, 0.1) is 5.92 Å². The van der Waals surface area contributed by atoms with E-state index in [1.165, 1.54) is 14.0 Å². The summed E-state index contributed by atoms with van der Waals surface area (Å²) in [5.41, 5.74) is -6.33. The molecule has 26 heteroatoms. The highest BCUT2D eigenvalue weighted by Gasteiger charge is 2.55. The van der Waals surface area contributed by atoms with Gasteiger partial charge in [0.15, 0.2) is 6.29 Å². The van der Waals surface area contributed by atoms with Gasteiger partial charge in [0.05, 0.1) is 43.9 Å². The fourth-order valence-corrected chi connectivity index (χ4v) is 8.68. The Morgan fingerprint density at radius 1 is 0.714 bits per heavy atom. The molecule has 4 aliphatic rings. The number of likely N-dealkylation sites (tertiary alicyclic amines) is 1. The number of carbonyl (C=O) groups is 6. The summed E-state index contributed by atoms with van der Waals surface area (Å²) in [4.78, 5) is 81.8. The van der Waals surface area contributed by atoms with E-state index in [0.717, 1.165) is 4.90 Å². The zero-order valence-electron chi connectivity index (χ0n) is 48.0. The number of amides is 6. The molecule has 0 radical (unpaired) electrons. The molecule has 12 atom stereocenters. The maximum atomic E-state index is 13.9. The van der Waals surface area contributed by atoms with Gasteiger partial charge in [-0.1, -0.05) is 0 Å². The molecule has 0 bridgehead atoms. The quantitative estimate of drug-likeness (QED) is 0.106. The standard InChI is InChI=1S/C51H89N7O19/c1-46(2,3)73-41(63)53-23-32(59)38(62)54-30-20-31(56-43(65)75-48(7,8)9)36(33(60)35(30)72-40-34(61)37(51(16,68)26-69-40)57(17)44(66)76-49(10,11)12)71-39-29(55-42(64)74-47(4,5)6)19-18-28(70-39)22-52-21-27-24-58(25-27)45(67)77-50(13,14)15/h18,27,29-37,39-40,52,59-61,68H,19-26H2,1-17H3,(H,53,63)(H,54,62)(H,55,64)(H,56,65)/t29-,30-,31+,32+,33-,34-,35+,36-,37-,39-,40-,51+/m1/s1. The zero-order chi connectivity index (χ0) is 58.4. The highest BCUT2D eigenvalue weighted by atomic mass is 16.7. The van der Waals surface area contributed by atoms with Gasteiger partial charge in [-0.2, -0.15) is 0 Å². The molecule has 0 spiro atoms. The molecular weight excluding hydrogens is 1010 g/mol. The zero-order valence-corrected chi connectivity index (χ0v) is 48.0. The van der Waals surface area contributed by atoms with Gasteiger partial charge in [0.2, 0.25) is 6.29 Å². The van der Waals surface area contributed by atoms with Crippen LogP contribution in [0.25, 0.3) is 0 Å². The molecule has 0 aromatic heterocycles. The van der Waals surface area contributed by atoms with Gasteiger partial charge in [-0.3, -0.25) is 4.79 Å². The Labute approximate surface area is 452 Å². The Balaban J connectivity index is 1.71. The molecule has 26 nitrogen and oxygen atoms in total. The Hall–Kier alpha value is -4.96. The molecule has 77 heavy (non-hydrogen) atoms. The van der Waals surface area contributed by atoms with Crippen LogP contribution in [0.15, 0.2) is 11.8 Å². The summed E-state index contributed by atoms with van der Waals surface area (Å²) in [5, 5.41) is 61.0. The molecule has 3 heterocycles. The van der Waals surface area contributed by atoms with E-state index in [1.54, 1.807) is 115 Å². The van der Waals surface area contributed by atoms with Gasteiger partial charge >= 0.3 is 30.5 Å². The van der Waals surface area contributed by atoms with Crippen molar-refractivity contribution in [2.45, 2.75) is 224 Å². The molecule has 0 aromatic rings. The number of nitrogens with one attached hydrogen (secondary N) is 5. The van der Waals surface area contributed by atoms with Crippen molar-refractivity contribution in [3.05, 3.63) is 11.8 Å². The van der Waals surface area contributed by atoms with E-state index in [9.17, 15) is 49.2 Å². The second-order valence-electron chi connectivity index (χ2n) is 25.3. The van der Waals surface area contributed by atoms with Crippen LogP contribution < -0.4 is 26.6 Å². The van der Waals surface area contributed by atoms with Gasteiger partial charge in [0.1, 0.15) is 69.9 Å². The summed E-state index contributed by atoms with van der Waals surface area (Å²) in [5.74, 6) is -0.590. The van der Waals surface area contributed by atoms with E-state index in [1.807, 2.05) is 0 Å². The van der Waals surface area contributed by atoms with Gasteiger partial charge in [-0.05, 0) is 130 Å². The van der Waals surface area contributed by atoms with Crippen LogP contribution in [0.4, 0.5) is 24.0 Å². The van der Waals surface area contributed by atoms with E-state index in [-0.39, 0.29) is 25.3 Å². The van der Waals surface area contributed by atoms with E-state index >= 15 is 0 Å². The summed E-state index contributed by atoms with van der Waals surface area (Å²) in [6.45, 7) is 26.9. The summed E-state index contributed by atoms with van der Waals surface area (Å²) < 4.78 is 52.8. The lowest BCUT2D eigenvalue weighted by atomic mass is 9.82. The van der Waals surface area contributed by atoms with Crippen LogP contribution in [-0.2, 0) is 47.4 Å². The number of ether oxygens (including phenoxy) is 9. The summed E-state index contributed by atoms with van der Waals surface area (Å²) >= 11 is 0. The second-order valence-corrected chi connectivity index (χ2v) is 25.3. The lowest BCUT2D eigenvalue weighted by molar-refractivity contribution is -0.311. The highest BCUT2D eigenvalue weighted by molar-refractivity contribution is 5.82. The number of nitrogens with zero attached hydrogens (tertiary/aromatic N) is 2. The van der Waals surface area contributed by atoms with Crippen LogP contribution in [0.3, 0.4) is 0 Å². The average Bonchev–Trinajstić information content (AvgIpc) is 3.21. The normalized spacial score (nSPS) is 28.7. The fraction of sp³-hybridized carbons (Fsp3) is 0.843. The molecule has 3 fully saturated rings. The van der Waals surface area contributed by atoms with Gasteiger partial charge in [-0.25, -0.2) is 24.0 Å². The first-order chi connectivity index (χ1) is 35.1. The molecule has 3 aliphatic heterocycles. The largest absolute Gasteiger partial charge is 0.466 e. The topological polar surface area (TPSA) is 333 Å². The van der Waals surface area contributed by atoms with Crippen molar-refractivity contribution in [3.63, 3.8) is 0 Å². The number of aliphatic hydroxyl groups is 4. The number of aliphatic hydroxyl groups excluding tert-OH is 3. The maximum absolute atomic E-state index is 13.9. The molecule has 1 aliphatic carbocycles. The fourth-order valence-electron chi connectivity index (χ4n) is 8.68. The monoisotopic (exact) mass is 1100 g/mol. The number of likely N-dealkylation sites (N-methyl/N-ethyl adjacent to an activating group) is 1. The lowest BCUT2D eigenvalue weighted by Crippen LogP contribution is -2.71. The average molecular weight is 1100 g/mol. The first-order valence-corrected chi connectivity index (χ1v) is 26.1. The maximum Gasteiger partial charge on any atom is 0.410 e. The Morgan fingerprint density at radius 2 is 1.21 bits per heavy atom. The van der Waals surface area contributed by atoms with E-state index in [4.69, 9.17) is 42.6 Å². The predicted molar refractivity (Wildman–Crippen MR) is 275 cm³/mol. The van der Waals surface area contributed by atoms with Crippen molar-refractivity contribution in [1.29, 1.82) is 0 Å². The summed E-state index contributed by atoms with van der Waals surface area (Å²) in [6, 6.07) is -5.12. The van der Waals surface area contributed by atoms with Gasteiger partial charge in [0, 0.05) is 32.6 Å². The Bertz CT molecular complexity index is 2070. The van der Waals surface area contributed by atoms with Crippen LogP contribution in [-0.4, -0.2) is 214 Å². The number of hydrogen-bond acceptors (Lipinski definition) is 20. The number of carbonyl (C=O) groups excluding carboxylic acids is 6. The van der Waals surface area contributed by atoms with Gasteiger partial charge < -0.3 is 99.4 Å². The van der Waals surface area contributed by atoms with Crippen molar-refractivity contribution in [3.8, 4) is 0 Å². The van der Waals surface area contributed by atoms with E-state index in [2.05, 4.69) is 26.6 Å². The second kappa shape index (κ2) is 25.4. The third-order valence-corrected chi connectivity index (χ3v) is 11.8. The predicted octanol–water partition coefficient (Wildman–Crippen LogP) is 2.47. The molecule has 0 unspecified atom stereocenters. The molecule has 1 saturated carbocycles. The highest BCUT2D eigenvalue weighted by Crippen LogP contribution is 2.35. The molecule has 442 valence electrons. The van der Waals surface area contributed by atoms with Crippen LogP contribution in [0.2, 0.25) is 0 Å². The van der Waals surface area contributed by atoms with E-state index < -0.39 is 150 Å². The number of hydrogen-bond donors (Lipinski definition) is 9.